The lowest BCUT2D eigenvalue weighted by atomic mass is 10.2. The van der Waals surface area contributed by atoms with Crippen LogP contribution >= 0.6 is 15.9 Å². The van der Waals surface area contributed by atoms with Crippen LogP contribution in [0.4, 0.5) is 0 Å². The molecule has 2 heterocycles. The lowest BCUT2D eigenvalue weighted by Crippen LogP contribution is -2.44. The van der Waals surface area contributed by atoms with Crippen LogP contribution in [-0.2, 0) is 4.74 Å². The Balaban J connectivity index is 1.88. The number of ether oxygens (including phenoxy) is 1. The summed E-state index contributed by atoms with van der Waals surface area (Å²) in [5.74, 6) is 0.0440. The van der Waals surface area contributed by atoms with Crippen LogP contribution in [0.2, 0.25) is 0 Å². The second-order valence-electron chi connectivity index (χ2n) is 4.85. The summed E-state index contributed by atoms with van der Waals surface area (Å²) >= 11 is 3.44. The molecule has 0 bridgehead atoms. The zero-order valence-corrected chi connectivity index (χ0v) is 12.2. The van der Waals surface area contributed by atoms with E-state index in [0.29, 0.717) is 25.4 Å². The summed E-state index contributed by atoms with van der Waals surface area (Å²) in [6.07, 6.45) is 0.108. The van der Waals surface area contributed by atoms with Crippen molar-refractivity contribution in [3.05, 3.63) is 34.4 Å². The highest BCUT2D eigenvalue weighted by Gasteiger charge is 2.23. The van der Waals surface area contributed by atoms with Gasteiger partial charge < -0.3 is 14.6 Å². The number of amides is 1. The fourth-order valence-corrected chi connectivity index (χ4v) is 2.77. The van der Waals surface area contributed by atoms with Gasteiger partial charge in [0.25, 0.3) is 5.91 Å². The minimum absolute atomic E-state index is 0.0440. The smallest absolute Gasteiger partial charge is 0.270 e. The standard InChI is InChI=1S/C14H15BrN2O2/c1-9-8-17(4-5-19-9)14(18)13-7-10-6-11(15)2-3-12(10)16-13/h2-3,6-7,9,16H,4-5,8H2,1H3/t9-/m0/s1. The number of rotatable bonds is 1. The van der Waals surface area contributed by atoms with E-state index in [9.17, 15) is 4.79 Å². The zero-order valence-electron chi connectivity index (χ0n) is 10.6. The highest BCUT2D eigenvalue weighted by molar-refractivity contribution is 9.10. The third-order valence-corrected chi connectivity index (χ3v) is 3.83. The Hall–Kier alpha value is -1.33. The maximum Gasteiger partial charge on any atom is 0.270 e. The van der Waals surface area contributed by atoms with Crippen LogP contribution in [0.15, 0.2) is 28.7 Å². The first-order chi connectivity index (χ1) is 9.13. The average Bonchev–Trinajstić information content (AvgIpc) is 2.80. The Morgan fingerprint density at radius 2 is 2.32 bits per heavy atom. The molecule has 0 saturated carbocycles. The van der Waals surface area contributed by atoms with E-state index in [4.69, 9.17) is 4.74 Å². The Labute approximate surface area is 119 Å². The fourth-order valence-electron chi connectivity index (χ4n) is 2.39. The third kappa shape index (κ3) is 2.53. The molecule has 1 N–H and O–H groups in total. The summed E-state index contributed by atoms with van der Waals surface area (Å²) in [5.41, 5.74) is 1.62. The van der Waals surface area contributed by atoms with Crippen molar-refractivity contribution in [2.75, 3.05) is 19.7 Å². The summed E-state index contributed by atoms with van der Waals surface area (Å²) in [6, 6.07) is 7.84. The van der Waals surface area contributed by atoms with E-state index in [1.807, 2.05) is 36.1 Å². The van der Waals surface area contributed by atoms with Crippen LogP contribution < -0.4 is 0 Å². The van der Waals surface area contributed by atoms with Crippen molar-refractivity contribution in [2.45, 2.75) is 13.0 Å². The van der Waals surface area contributed by atoms with E-state index in [0.717, 1.165) is 15.4 Å². The maximum absolute atomic E-state index is 12.4. The van der Waals surface area contributed by atoms with Crippen molar-refractivity contribution >= 4 is 32.7 Å². The Morgan fingerprint density at radius 3 is 3.11 bits per heavy atom. The Morgan fingerprint density at radius 1 is 1.47 bits per heavy atom. The first-order valence-corrected chi connectivity index (χ1v) is 7.12. The Bertz CT molecular complexity index is 623. The SMILES string of the molecule is C[C@H]1CN(C(=O)c2cc3cc(Br)ccc3[nH]2)CCO1. The zero-order chi connectivity index (χ0) is 13.4. The molecule has 1 aromatic heterocycles. The number of nitrogens with zero attached hydrogens (tertiary/aromatic N) is 1. The summed E-state index contributed by atoms with van der Waals surface area (Å²) in [5, 5.41) is 1.04. The van der Waals surface area contributed by atoms with Crippen LogP contribution in [0.3, 0.4) is 0 Å². The molecule has 3 rings (SSSR count). The molecule has 0 radical (unpaired) electrons. The number of H-pyrrole nitrogens is 1. The number of morpholine rings is 1. The van der Waals surface area contributed by atoms with E-state index < -0.39 is 0 Å². The molecule has 5 heteroatoms. The second-order valence-corrected chi connectivity index (χ2v) is 5.76. The van der Waals surface area contributed by atoms with Gasteiger partial charge in [-0.25, -0.2) is 0 Å². The molecular formula is C14H15BrN2O2. The largest absolute Gasteiger partial charge is 0.375 e. The molecule has 1 aromatic carbocycles. The predicted octanol–water partition coefficient (Wildman–Crippen LogP) is 2.79. The summed E-state index contributed by atoms with van der Waals surface area (Å²) < 4.78 is 6.47. The molecule has 0 spiro atoms. The molecule has 1 aliphatic rings. The normalized spacial score (nSPS) is 19.9. The highest BCUT2D eigenvalue weighted by Crippen LogP contribution is 2.21. The lowest BCUT2D eigenvalue weighted by molar-refractivity contribution is -0.0126. The summed E-state index contributed by atoms with van der Waals surface area (Å²) in [7, 11) is 0. The number of benzene rings is 1. The number of aromatic nitrogens is 1. The van der Waals surface area contributed by atoms with Gasteiger partial charge in [-0.1, -0.05) is 15.9 Å². The molecule has 1 amide bonds. The molecular weight excluding hydrogens is 308 g/mol. The molecule has 1 saturated heterocycles. The fraction of sp³-hybridized carbons (Fsp3) is 0.357. The predicted molar refractivity (Wildman–Crippen MR) is 77.3 cm³/mol. The average molecular weight is 323 g/mol. The summed E-state index contributed by atoms with van der Waals surface area (Å²) in [4.78, 5) is 17.5. The number of carbonyl (C=O) groups is 1. The van der Waals surface area contributed by atoms with Crippen LogP contribution in [0, 0.1) is 0 Å². The molecule has 0 aliphatic carbocycles. The van der Waals surface area contributed by atoms with Crippen LogP contribution in [0.5, 0.6) is 0 Å². The van der Waals surface area contributed by atoms with Gasteiger partial charge in [0.15, 0.2) is 0 Å². The van der Waals surface area contributed by atoms with Crippen molar-refractivity contribution in [3.63, 3.8) is 0 Å². The van der Waals surface area contributed by atoms with Crippen molar-refractivity contribution in [1.29, 1.82) is 0 Å². The monoisotopic (exact) mass is 322 g/mol. The van der Waals surface area contributed by atoms with Crippen LogP contribution in [0.1, 0.15) is 17.4 Å². The van der Waals surface area contributed by atoms with E-state index in [1.54, 1.807) is 0 Å². The number of hydrogen-bond acceptors (Lipinski definition) is 2. The van der Waals surface area contributed by atoms with Crippen molar-refractivity contribution < 1.29 is 9.53 Å². The van der Waals surface area contributed by atoms with Gasteiger partial charge in [0.05, 0.1) is 12.7 Å². The van der Waals surface area contributed by atoms with Gasteiger partial charge in [0.1, 0.15) is 5.69 Å². The molecule has 0 unspecified atom stereocenters. The van der Waals surface area contributed by atoms with Gasteiger partial charge >= 0.3 is 0 Å². The minimum Gasteiger partial charge on any atom is -0.375 e. The number of carbonyl (C=O) groups excluding carboxylic acids is 1. The van der Waals surface area contributed by atoms with Crippen molar-refractivity contribution in [1.82, 2.24) is 9.88 Å². The highest BCUT2D eigenvalue weighted by atomic mass is 79.9. The number of aromatic amines is 1. The molecule has 19 heavy (non-hydrogen) atoms. The van der Waals surface area contributed by atoms with Crippen molar-refractivity contribution in [3.8, 4) is 0 Å². The van der Waals surface area contributed by atoms with Gasteiger partial charge in [-0.2, -0.15) is 0 Å². The minimum atomic E-state index is 0.0440. The molecule has 1 aliphatic heterocycles. The van der Waals surface area contributed by atoms with E-state index in [2.05, 4.69) is 20.9 Å². The van der Waals surface area contributed by atoms with Gasteiger partial charge in [-0.3, -0.25) is 4.79 Å². The molecule has 1 atom stereocenters. The van der Waals surface area contributed by atoms with Crippen LogP contribution in [-0.4, -0.2) is 41.6 Å². The third-order valence-electron chi connectivity index (χ3n) is 3.34. The first-order valence-electron chi connectivity index (χ1n) is 6.32. The summed E-state index contributed by atoms with van der Waals surface area (Å²) in [6.45, 7) is 3.90. The van der Waals surface area contributed by atoms with Crippen molar-refractivity contribution in [2.24, 2.45) is 0 Å². The lowest BCUT2D eigenvalue weighted by Gasteiger charge is -2.30. The second kappa shape index (κ2) is 4.98. The van der Waals surface area contributed by atoms with E-state index in [1.165, 1.54) is 0 Å². The Kier molecular flexibility index (Phi) is 3.33. The maximum atomic E-state index is 12.4. The molecule has 2 aromatic rings. The van der Waals surface area contributed by atoms with Gasteiger partial charge in [0.2, 0.25) is 0 Å². The van der Waals surface area contributed by atoms with Gasteiger partial charge in [-0.05, 0) is 31.2 Å². The molecule has 1 fully saturated rings. The topological polar surface area (TPSA) is 45.3 Å². The van der Waals surface area contributed by atoms with E-state index >= 15 is 0 Å². The quantitative estimate of drug-likeness (QED) is 0.877. The molecule has 100 valence electrons. The number of hydrogen-bond donors (Lipinski definition) is 1. The number of fused-ring (bicyclic) bond motifs is 1. The number of halogens is 1. The first kappa shape index (κ1) is 12.7. The van der Waals surface area contributed by atoms with Gasteiger partial charge in [0, 0.05) is 28.5 Å². The van der Waals surface area contributed by atoms with Crippen LogP contribution in [0.25, 0.3) is 10.9 Å². The number of nitrogens with one attached hydrogen (secondary N) is 1. The van der Waals surface area contributed by atoms with Gasteiger partial charge in [-0.15, -0.1) is 0 Å². The molecule has 4 nitrogen and oxygen atoms in total. The van der Waals surface area contributed by atoms with E-state index in [-0.39, 0.29) is 12.0 Å².